The number of nitrogens with zero attached hydrogens (tertiary/aromatic N) is 2. The van der Waals surface area contributed by atoms with Crippen LogP contribution in [0.15, 0.2) is 5.38 Å². The number of rotatable bonds is 7. The van der Waals surface area contributed by atoms with Crippen molar-refractivity contribution in [3.05, 3.63) is 11.1 Å². The van der Waals surface area contributed by atoms with Crippen LogP contribution in [0.2, 0.25) is 0 Å². The van der Waals surface area contributed by atoms with Crippen molar-refractivity contribution in [1.29, 1.82) is 0 Å². The number of aromatic nitrogens is 1. The van der Waals surface area contributed by atoms with Gasteiger partial charge in [-0.15, -0.1) is 11.3 Å². The summed E-state index contributed by atoms with van der Waals surface area (Å²) >= 11 is 1.81. The van der Waals surface area contributed by atoms with E-state index >= 15 is 0 Å². The van der Waals surface area contributed by atoms with Gasteiger partial charge < -0.3 is 10.2 Å². The molecule has 2 rings (SSSR count). The molecule has 1 unspecified atom stereocenters. The molecule has 0 radical (unpaired) electrons. The monoisotopic (exact) mass is 295 g/mol. The van der Waals surface area contributed by atoms with E-state index in [1.165, 1.54) is 49.4 Å². The molecule has 1 saturated carbocycles. The first-order valence-corrected chi connectivity index (χ1v) is 9.09. The van der Waals surface area contributed by atoms with E-state index in [1.807, 2.05) is 11.3 Å². The molecule has 1 atom stereocenters. The Bertz CT molecular complexity index is 385. The van der Waals surface area contributed by atoms with Crippen molar-refractivity contribution in [2.24, 2.45) is 0 Å². The summed E-state index contributed by atoms with van der Waals surface area (Å²) in [7, 11) is 0. The van der Waals surface area contributed by atoms with E-state index in [-0.39, 0.29) is 0 Å². The van der Waals surface area contributed by atoms with Gasteiger partial charge >= 0.3 is 0 Å². The number of hydrogen-bond donors (Lipinski definition) is 1. The Morgan fingerprint density at radius 2 is 2.10 bits per heavy atom. The van der Waals surface area contributed by atoms with Crippen molar-refractivity contribution in [1.82, 2.24) is 10.3 Å². The first-order chi connectivity index (χ1) is 9.76. The van der Waals surface area contributed by atoms with Crippen LogP contribution >= 0.6 is 11.3 Å². The average molecular weight is 295 g/mol. The van der Waals surface area contributed by atoms with Gasteiger partial charge in [0.25, 0.3) is 0 Å². The minimum absolute atomic E-state index is 0.366. The number of nitrogens with one attached hydrogen (secondary N) is 1. The fourth-order valence-corrected chi connectivity index (χ4v) is 4.07. The van der Waals surface area contributed by atoms with Gasteiger partial charge in [0.2, 0.25) is 0 Å². The first kappa shape index (κ1) is 15.8. The zero-order chi connectivity index (χ0) is 14.4. The predicted octanol–water partition coefficient (Wildman–Crippen LogP) is 4.36. The summed E-state index contributed by atoms with van der Waals surface area (Å²) in [6, 6.07) is 1.08. The number of thiazole rings is 1. The van der Waals surface area contributed by atoms with Crippen LogP contribution in [0, 0.1) is 0 Å². The largest absolute Gasteiger partial charge is 0.345 e. The molecule has 1 heterocycles. The van der Waals surface area contributed by atoms with Gasteiger partial charge in [-0.05, 0) is 39.7 Å². The maximum absolute atomic E-state index is 4.89. The predicted molar refractivity (Wildman–Crippen MR) is 88.7 cm³/mol. The van der Waals surface area contributed by atoms with Gasteiger partial charge in [0.05, 0.1) is 5.69 Å². The number of anilines is 1. The van der Waals surface area contributed by atoms with Crippen molar-refractivity contribution < 1.29 is 0 Å². The van der Waals surface area contributed by atoms with E-state index in [9.17, 15) is 0 Å². The van der Waals surface area contributed by atoms with Crippen molar-refractivity contribution in [3.63, 3.8) is 0 Å². The highest BCUT2D eigenvalue weighted by Gasteiger charge is 2.22. The maximum Gasteiger partial charge on any atom is 0.185 e. The lowest BCUT2D eigenvalue weighted by Crippen LogP contribution is -2.36. The van der Waals surface area contributed by atoms with Crippen LogP contribution in [0.4, 0.5) is 5.13 Å². The second kappa shape index (κ2) is 7.99. The highest BCUT2D eigenvalue weighted by atomic mass is 32.1. The molecule has 1 aromatic rings. The fourth-order valence-electron chi connectivity index (χ4n) is 3.01. The SMILES string of the molecule is CCCNC(C)c1csc(N(CC)C2CCCCC2)n1. The Hall–Kier alpha value is -0.610. The quantitative estimate of drug-likeness (QED) is 0.810. The van der Waals surface area contributed by atoms with E-state index in [4.69, 9.17) is 4.98 Å². The van der Waals surface area contributed by atoms with Crippen molar-refractivity contribution >= 4 is 16.5 Å². The number of hydrogen-bond acceptors (Lipinski definition) is 4. The minimum Gasteiger partial charge on any atom is -0.345 e. The summed E-state index contributed by atoms with van der Waals surface area (Å²) < 4.78 is 0. The topological polar surface area (TPSA) is 28.2 Å². The van der Waals surface area contributed by atoms with Crippen LogP contribution in [0.5, 0.6) is 0 Å². The van der Waals surface area contributed by atoms with Crippen LogP contribution in [0.3, 0.4) is 0 Å². The Balaban J connectivity index is 2.01. The second-order valence-corrected chi connectivity index (χ2v) is 6.65. The molecule has 20 heavy (non-hydrogen) atoms. The summed E-state index contributed by atoms with van der Waals surface area (Å²) in [5.41, 5.74) is 1.20. The van der Waals surface area contributed by atoms with E-state index in [2.05, 4.69) is 36.4 Å². The smallest absolute Gasteiger partial charge is 0.185 e. The van der Waals surface area contributed by atoms with E-state index < -0.39 is 0 Å². The molecule has 1 aromatic heterocycles. The summed E-state index contributed by atoms with van der Waals surface area (Å²) in [6.45, 7) is 8.82. The van der Waals surface area contributed by atoms with Gasteiger partial charge in [0.1, 0.15) is 0 Å². The summed E-state index contributed by atoms with van der Waals surface area (Å²) in [5.74, 6) is 0. The van der Waals surface area contributed by atoms with Crippen molar-refractivity contribution in [2.75, 3.05) is 18.0 Å². The van der Waals surface area contributed by atoms with E-state index in [0.717, 1.165) is 13.1 Å². The lowest BCUT2D eigenvalue weighted by molar-refractivity contribution is 0.417. The molecular formula is C16H29N3S. The highest BCUT2D eigenvalue weighted by Crippen LogP contribution is 2.30. The van der Waals surface area contributed by atoms with E-state index in [1.54, 1.807) is 0 Å². The van der Waals surface area contributed by atoms with Gasteiger partial charge in [0.15, 0.2) is 5.13 Å². The zero-order valence-electron chi connectivity index (χ0n) is 13.2. The molecule has 0 aliphatic heterocycles. The standard InChI is InChI=1S/C16H29N3S/c1-4-11-17-13(3)15-12-20-16(18-15)19(5-2)14-9-7-6-8-10-14/h12-14,17H,4-11H2,1-3H3. The van der Waals surface area contributed by atoms with Gasteiger partial charge in [-0.1, -0.05) is 26.2 Å². The van der Waals surface area contributed by atoms with Gasteiger partial charge in [0, 0.05) is 24.0 Å². The van der Waals surface area contributed by atoms with E-state index in [0.29, 0.717) is 12.1 Å². The Labute approximate surface area is 127 Å². The lowest BCUT2D eigenvalue weighted by Gasteiger charge is -2.33. The molecule has 0 bridgehead atoms. The molecule has 3 nitrogen and oxygen atoms in total. The third-order valence-corrected chi connectivity index (χ3v) is 5.15. The molecule has 0 spiro atoms. The average Bonchev–Trinajstić information content (AvgIpc) is 2.96. The molecule has 0 aromatic carbocycles. The second-order valence-electron chi connectivity index (χ2n) is 5.81. The van der Waals surface area contributed by atoms with Crippen molar-refractivity contribution in [3.8, 4) is 0 Å². The van der Waals surface area contributed by atoms with Crippen LogP contribution in [0.1, 0.15) is 71.0 Å². The fraction of sp³-hybridized carbons (Fsp3) is 0.812. The molecule has 1 fully saturated rings. The van der Waals surface area contributed by atoms with Crippen LogP contribution in [-0.2, 0) is 0 Å². The third-order valence-electron chi connectivity index (χ3n) is 4.26. The molecule has 4 heteroatoms. The summed E-state index contributed by atoms with van der Waals surface area (Å²) in [4.78, 5) is 7.42. The molecule has 0 amide bonds. The molecule has 0 saturated heterocycles. The molecule has 1 N–H and O–H groups in total. The minimum atomic E-state index is 0.366. The normalized spacial score (nSPS) is 18.1. The maximum atomic E-state index is 4.89. The molecular weight excluding hydrogens is 266 g/mol. The third kappa shape index (κ3) is 3.95. The summed E-state index contributed by atoms with van der Waals surface area (Å²) in [6.07, 6.45) is 8.03. The van der Waals surface area contributed by atoms with Gasteiger partial charge in [-0.25, -0.2) is 4.98 Å². The highest BCUT2D eigenvalue weighted by molar-refractivity contribution is 7.13. The van der Waals surface area contributed by atoms with Crippen LogP contribution < -0.4 is 10.2 Å². The molecule has 1 aliphatic rings. The lowest BCUT2D eigenvalue weighted by atomic mass is 9.94. The first-order valence-electron chi connectivity index (χ1n) is 8.21. The van der Waals surface area contributed by atoms with Crippen LogP contribution in [0.25, 0.3) is 0 Å². The Kier molecular flexibility index (Phi) is 6.30. The molecule has 1 aliphatic carbocycles. The summed E-state index contributed by atoms with van der Waals surface area (Å²) in [5, 5.41) is 6.98. The zero-order valence-corrected chi connectivity index (χ0v) is 14.0. The van der Waals surface area contributed by atoms with Crippen molar-refractivity contribution in [2.45, 2.75) is 71.4 Å². The molecule has 114 valence electrons. The van der Waals surface area contributed by atoms with Gasteiger partial charge in [-0.3, -0.25) is 0 Å². The van der Waals surface area contributed by atoms with Gasteiger partial charge in [-0.2, -0.15) is 0 Å². The van der Waals surface area contributed by atoms with Crippen LogP contribution in [-0.4, -0.2) is 24.1 Å². The Morgan fingerprint density at radius 1 is 1.35 bits per heavy atom. The Morgan fingerprint density at radius 3 is 2.75 bits per heavy atom.